The van der Waals surface area contributed by atoms with Gasteiger partial charge in [0.2, 0.25) is 5.91 Å². The maximum Gasteiger partial charge on any atom is 0.217 e. The number of carbonyl (C=O) groups is 1. The average molecular weight is 504 g/mol. The molecule has 0 radical (unpaired) electrons. The average Bonchev–Trinajstić information content (AvgIpc) is 2.65. The maximum atomic E-state index is 11.2. The van der Waals surface area contributed by atoms with Crippen molar-refractivity contribution in [2.45, 2.75) is 39.2 Å². The van der Waals surface area contributed by atoms with Gasteiger partial charge in [-0.25, -0.2) is 4.99 Å². The van der Waals surface area contributed by atoms with Crippen molar-refractivity contribution in [2.24, 2.45) is 16.6 Å². The van der Waals surface area contributed by atoms with Crippen LogP contribution in [-0.4, -0.2) is 56.2 Å². The van der Waals surface area contributed by atoms with Gasteiger partial charge < -0.3 is 25.4 Å². The molecule has 0 aliphatic carbocycles. The Morgan fingerprint density at radius 1 is 1.43 bits per heavy atom. The smallest absolute Gasteiger partial charge is 0.217 e. The van der Waals surface area contributed by atoms with Gasteiger partial charge in [0.15, 0.2) is 5.96 Å². The van der Waals surface area contributed by atoms with E-state index < -0.39 is 0 Å². The minimum absolute atomic E-state index is 0. The molecule has 1 aromatic rings. The summed E-state index contributed by atoms with van der Waals surface area (Å²) in [5, 5.41) is 3.35. The van der Waals surface area contributed by atoms with E-state index in [2.05, 4.69) is 17.1 Å². The third-order valence-electron chi connectivity index (χ3n) is 4.52. The number of likely N-dealkylation sites (tertiary alicyclic amines) is 1. The molecule has 0 bridgehead atoms. The topological polar surface area (TPSA) is 89.2 Å². The van der Waals surface area contributed by atoms with Crippen molar-refractivity contribution in [1.82, 2.24) is 10.2 Å². The van der Waals surface area contributed by atoms with Crippen molar-refractivity contribution in [3.05, 3.63) is 24.3 Å². The molecule has 1 fully saturated rings. The predicted molar refractivity (Wildman–Crippen MR) is 123 cm³/mol. The molecule has 1 aliphatic rings. The monoisotopic (exact) mass is 504 g/mol. The number of hydrogen-bond donors (Lipinski definition) is 2. The number of rotatable bonds is 8. The van der Waals surface area contributed by atoms with Crippen LogP contribution in [0.3, 0.4) is 0 Å². The van der Waals surface area contributed by atoms with E-state index in [1.54, 1.807) is 7.11 Å². The number of halogens is 1. The molecule has 2 atom stereocenters. The number of hydrogen-bond acceptors (Lipinski definition) is 4. The lowest BCUT2D eigenvalue weighted by Gasteiger charge is -2.34. The Balaban J connectivity index is 0.00000392. The van der Waals surface area contributed by atoms with Gasteiger partial charge in [0.25, 0.3) is 0 Å². The molecule has 1 aromatic carbocycles. The fourth-order valence-electron chi connectivity index (χ4n) is 3.29. The zero-order valence-corrected chi connectivity index (χ0v) is 19.3. The highest BCUT2D eigenvalue weighted by molar-refractivity contribution is 14.0. The first kappa shape index (κ1) is 24.3. The van der Waals surface area contributed by atoms with Gasteiger partial charge in [-0.3, -0.25) is 4.79 Å². The molecule has 1 heterocycles. The maximum absolute atomic E-state index is 11.2. The molecule has 0 saturated carbocycles. The highest BCUT2D eigenvalue weighted by atomic mass is 127. The van der Waals surface area contributed by atoms with Crippen LogP contribution in [-0.2, 0) is 4.79 Å². The summed E-state index contributed by atoms with van der Waals surface area (Å²) in [6, 6.07) is 7.57. The van der Waals surface area contributed by atoms with E-state index in [1.807, 2.05) is 31.2 Å². The Morgan fingerprint density at radius 2 is 2.18 bits per heavy atom. The highest BCUT2D eigenvalue weighted by Crippen LogP contribution is 2.21. The van der Waals surface area contributed by atoms with Gasteiger partial charge in [-0.15, -0.1) is 24.0 Å². The molecule has 1 aliphatic heterocycles. The summed E-state index contributed by atoms with van der Waals surface area (Å²) in [4.78, 5) is 18.2. The fraction of sp³-hybridized carbons (Fsp3) is 0.600. The second kappa shape index (κ2) is 12.7. The van der Waals surface area contributed by atoms with E-state index in [1.165, 1.54) is 0 Å². The Kier molecular flexibility index (Phi) is 11.0. The lowest BCUT2D eigenvalue weighted by Crippen LogP contribution is -2.47. The molecule has 1 saturated heterocycles. The van der Waals surface area contributed by atoms with Crippen LogP contribution in [0, 0.1) is 5.92 Å². The molecule has 2 rings (SSSR count). The van der Waals surface area contributed by atoms with E-state index in [0.717, 1.165) is 49.9 Å². The molecule has 2 unspecified atom stereocenters. The summed E-state index contributed by atoms with van der Waals surface area (Å²) < 4.78 is 11.2. The largest absolute Gasteiger partial charge is 0.497 e. The molecular formula is C20H33IN4O3. The van der Waals surface area contributed by atoms with Crippen LogP contribution >= 0.6 is 24.0 Å². The van der Waals surface area contributed by atoms with Crippen LogP contribution in [0.4, 0.5) is 0 Å². The molecule has 1 amide bonds. The quantitative estimate of drug-likeness (QED) is 0.323. The van der Waals surface area contributed by atoms with E-state index in [9.17, 15) is 4.79 Å². The first-order valence-electron chi connectivity index (χ1n) is 9.64. The van der Waals surface area contributed by atoms with Gasteiger partial charge in [0.1, 0.15) is 17.6 Å². The third-order valence-corrected chi connectivity index (χ3v) is 4.52. The Bertz CT molecular complexity index is 642. The molecule has 0 aromatic heterocycles. The molecule has 0 spiro atoms. The lowest BCUT2D eigenvalue weighted by molar-refractivity contribution is -0.119. The van der Waals surface area contributed by atoms with Crippen LogP contribution in [0.1, 0.15) is 33.1 Å². The SMILES string of the molecule is CCNC(=NCC(C)Oc1cccc(OC)c1)N1CCCC(CC(N)=O)C1.I. The number of nitrogens with two attached hydrogens (primary N) is 1. The van der Waals surface area contributed by atoms with E-state index in [0.29, 0.717) is 18.9 Å². The number of carbonyl (C=O) groups excluding carboxylic acids is 1. The van der Waals surface area contributed by atoms with Gasteiger partial charge >= 0.3 is 0 Å². The van der Waals surface area contributed by atoms with Crippen LogP contribution in [0.15, 0.2) is 29.3 Å². The summed E-state index contributed by atoms with van der Waals surface area (Å²) in [6.07, 6.45) is 2.44. The van der Waals surface area contributed by atoms with Gasteiger partial charge in [-0.2, -0.15) is 0 Å². The summed E-state index contributed by atoms with van der Waals surface area (Å²) in [7, 11) is 1.64. The van der Waals surface area contributed by atoms with Crippen molar-refractivity contribution in [3.8, 4) is 11.5 Å². The number of aliphatic imine (C=N–C) groups is 1. The normalized spacial score (nSPS) is 18.0. The summed E-state index contributed by atoms with van der Waals surface area (Å²) >= 11 is 0. The number of piperidine rings is 1. The second-order valence-corrected chi connectivity index (χ2v) is 6.93. The number of ether oxygens (including phenoxy) is 2. The molecular weight excluding hydrogens is 471 g/mol. The van der Waals surface area contributed by atoms with Crippen molar-refractivity contribution < 1.29 is 14.3 Å². The number of guanidine groups is 1. The minimum Gasteiger partial charge on any atom is -0.497 e. The molecule has 158 valence electrons. The van der Waals surface area contributed by atoms with Gasteiger partial charge in [-0.05, 0) is 44.7 Å². The van der Waals surface area contributed by atoms with Gasteiger partial charge in [0.05, 0.1) is 13.7 Å². The fourth-order valence-corrected chi connectivity index (χ4v) is 3.29. The third kappa shape index (κ3) is 8.12. The van der Waals surface area contributed by atoms with E-state index in [4.69, 9.17) is 20.2 Å². The Labute approximate surface area is 185 Å². The number of amides is 1. The zero-order chi connectivity index (χ0) is 19.6. The first-order chi connectivity index (χ1) is 13.0. The number of nitrogens with zero attached hydrogens (tertiary/aromatic N) is 2. The predicted octanol–water partition coefficient (Wildman–Crippen LogP) is 2.63. The van der Waals surface area contributed by atoms with Gasteiger partial charge in [-0.1, -0.05) is 6.07 Å². The zero-order valence-electron chi connectivity index (χ0n) is 17.0. The molecule has 3 N–H and O–H groups in total. The number of benzene rings is 1. The van der Waals surface area contributed by atoms with Crippen LogP contribution in [0.2, 0.25) is 0 Å². The van der Waals surface area contributed by atoms with Crippen LogP contribution in [0.5, 0.6) is 11.5 Å². The van der Waals surface area contributed by atoms with Crippen LogP contribution < -0.4 is 20.5 Å². The lowest BCUT2D eigenvalue weighted by atomic mass is 9.95. The van der Waals surface area contributed by atoms with Gasteiger partial charge in [0, 0.05) is 32.1 Å². The molecule has 7 nitrogen and oxygen atoms in total. The summed E-state index contributed by atoms with van der Waals surface area (Å²) in [5.41, 5.74) is 5.37. The standard InChI is InChI=1S/C20H32N4O3.HI/c1-4-22-20(24-10-6-7-16(14-24)11-19(21)25)23-13-15(2)27-18-9-5-8-17(12-18)26-3;/h5,8-9,12,15-16H,4,6-7,10-11,13-14H2,1-3H3,(H2,21,25)(H,22,23);1H. The molecule has 8 heteroatoms. The highest BCUT2D eigenvalue weighted by Gasteiger charge is 2.23. The second-order valence-electron chi connectivity index (χ2n) is 6.93. The Morgan fingerprint density at radius 3 is 2.86 bits per heavy atom. The number of methoxy groups -OCH3 is 1. The van der Waals surface area contributed by atoms with Crippen LogP contribution in [0.25, 0.3) is 0 Å². The number of nitrogens with one attached hydrogen (secondary N) is 1. The summed E-state index contributed by atoms with van der Waals surface area (Å²) in [5.74, 6) is 2.47. The van der Waals surface area contributed by atoms with Crippen molar-refractivity contribution >= 4 is 35.8 Å². The summed E-state index contributed by atoms with van der Waals surface area (Å²) in [6.45, 7) is 7.12. The number of primary amides is 1. The Hall–Kier alpha value is -1.71. The first-order valence-corrected chi connectivity index (χ1v) is 9.64. The van der Waals surface area contributed by atoms with E-state index in [-0.39, 0.29) is 36.0 Å². The van der Waals surface area contributed by atoms with Crippen molar-refractivity contribution in [2.75, 3.05) is 33.3 Å². The van der Waals surface area contributed by atoms with E-state index >= 15 is 0 Å². The van der Waals surface area contributed by atoms with Crippen molar-refractivity contribution in [3.63, 3.8) is 0 Å². The minimum atomic E-state index is -0.232. The molecule has 28 heavy (non-hydrogen) atoms. The van der Waals surface area contributed by atoms with Crippen molar-refractivity contribution in [1.29, 1.82) is 0 Å².